The van der Waals surface area contributed by atoms with Crippen molar-refractivity contribution in [3.05, 3.63) is 87.1 Å². The van der Waals surface area contributed by atoms with Crippen LogP contribution in [0, 0.1) is 0 Å². The molecule has 4 rings (SSSR count). The Labute approximate surface area is 181 Å². The van der Waals surface area contributed by atoms with Gasteiger partial charge in [-0.1, -0.05) is 40.2 Å². The van der Waals surface area contributed by atoms with E-state index >= 15 is 0 Å². The van der Waals surface area contributed by atoms with E-state index in [1.807, 2.05) is 48.5 Å². The molecule has 6 nitrogen and oxygen atoms in total. The normalized spacial score (nSPS) is 11.2. The van der Waals surface area contributed by atoms with Gasteiger partial charge >= 0.3 is 0 Å². The predicted octanol–water partition coefficient (Wildman–Crippen LogP) is 4.73. The molecule has 0 spiro atoms. The number of rotatable bonds is 5. The summed E-state index contributed by atoms with van der Waals surface area (Å²) in [6.07, 6.45) is 1.58. The van der Waals surface area contributed by atoms with Crippen molar-refractivity contribution < 1.29 is 9.47 Å². The second-order valence-corrected chi connectivity index (χ2v) is 7.34. The first kappa shape index (κ1) is 19.8. The van der Waals surface area contributed by atoms with Gasteiger partial charge in [0.15, 0.2) is 5.82 Å². The second kappa shape index (κ2) is 8.51. The van der Waals surface area contributed by atoms with Gasteiger partial charge in [-0.25, -0.2) is 4.98 Å². The molecule has 1 aromatic heterocycles. The maximum atomic E-state index is 13.2. The fraction of sp³-hybridized carbons (Fsp3) is 0.0870. The lowest BCUT2D eigenvalue weighted by Crippen LogP contribution is -2.20. The molecule has 0 atom stereocenters. The first-order valence-electron chi connectivity index (χ1n) is 9.15. The van der Waals surface area contributed by atoms with Gasteiger partial charge in [0.25, 0.3) is 5.56 Å². The Balaban J connectivity index is 1.90. The van der Waals surface area contributed by atoms with Gasteiger partial charge in [0, 0.05) is 21.7 Å². The average molecular weight is 464 g/mol. The third-order valence-corrected chi connectivity index (χ3v) is 5.14. The Morgan fingerprint density at radius 1 is 1.00 bits per heavy atom. The van der Waals surface area contributed by atoms with Gasteiger partial charge in [-0.3, -0.25) is 4.79 Å². The maximum Gasteiger partial charge on any atom is 0.282 e. The standard InChI is InChI=1S/C23H18BrN3O3/c1-29-18-12-9-16(21(13-18)30-2)14-25-27-22(15-7-10-17(24)11-8-15)26-20-6-4-3-5-19(20)23(27)28/h3-14H,1-2H3. The number of methoxy groups -OCH3 is 2. The Morgan fingerprint density at radius 2 is 1.77 bits per heavy atom. The minimum absolute atomic E-state index is 0.248. The largest absolute Gasteiger partial charge is 0.497 e. The topological polar surface area (TPSA) is 65.7 Å². The van der Waals surface area contributed by atoms with Crippen molar-refractivity contribution in [3.8, 4) is 22.9 Å². The summed E-state index contributed by atoms with van der Waals surface area (Å²) in [4.78, 5) is 17.9. The predicted molar refractivity (Wildman–Crippen MR) is 122 cm³/mol. The molecule has 0 bridgehead atoms. The van der Waals surface area contributed by atoms with Crippen LogP contribution in [-0.4, -0.2) is 30.1 Å². The van der Waals surface area contributed by atoms with E-state index in [4.69, 9.17) is 14.5 Å². The highest BCUT2D eigenvalue weighted by molar-refractivity contribution is 9.10. The van der Waals surface area contributed by atoms with E-state index in [9.17, 15) is 4.79 Å². The maximum absolute atomic E-state index is 13.2. The summed E-state index contributed by atoms with van der Waals surface area (Å²) >= 11 is 3.44. The number of fused-ring (bicyclic) bond motifs is 1. The molecule has 0 amide bonds. The Hall–Kier alpha value is -3.45. The number of nitrogens with zero attached hydrogens (tertiary/aromatic N) is 3. The Bertz CT molecular complexity index is 1300. The highest BCUT2D eigenvalue weighted by atomic mass is 79.9. The van der Waals surface area contributed by atoms with Gasteiger partial charge in [0.1, 0.15) is 11.5 Å². The molecule has 150 valence electrons. The molecule has 0 aliphatic carbocycles. The molecule has 30 heavy (non-hydrogen) atoms. The summed E-state index contributed by atoms with van der Waals surface area (Å²) in [5, 5.41) is 4.97. The second-order valence-electron chi connectivity index (χ2n) is 6.43. The van der Waals surface area contributed by atoms with E-state index in [1.165, 1.54) is 4.68 Å². The summed E-state index contributed by atoms with van der Waals surface area (Å²) < 4.78 is 12.9. The molecule has 3 aromatic carbocycles. The zero-order valence-electron chi connectivity index (χ0n) is 16.4. The lowest BCUT2D eigenvalue weighted by molar-refractivity contribution is 0.394. The van der Waals surface area contributed by atoms with E-state index in [0.29, 0.717) is 33.8 Å². The van der Waals surface area contributed by atoms with Crippen LogP contribution in [0.3, 0.4) is 0 Å². The SMILES string of the molecule is COc1ccc(C=Nn2c(-c3ccc(Br)cc3)nc3ccccc3c2=O)c(OC)c1. The summed E-state index contributed by atoms with van der Waals surface area (Å²) in [5.41, 5.74) is 1.86. The average Bonchev–Trinajstić information content (AvgIpc) is 2.79. The number of aromatic nitrogens is 2. The molecular formula is C23H18BrN3O3. The molecule has 1 heterocycles. The Kier molecular flexibility index (Phi) is 5.63. The van der Waals surface area contributed by atoms with Crippen molar-refractivity contribution in [2.45, 2.75) is 0 Å². The van der Waals surface area contributed by atoms with Crippen LogP contribution in [0.5, 0.6) is 11.5 Å². The van der Waals surface area contributed by atoms with Gasteiger partial charge in [-0.05, 0) is 36.4 Å². The van der Waals surface area contributed by atoms with Crippen LogP contribution in [0.2, 0.25) is 0 Å². The van der Waals surface area contributed by atoms with Crippen LogP contribution >= 0.6 is 15.9 Å². The van der Waals surface area contributed by atoms with E-state index in [-0.39, 0.29) is 5.56 Å². The number of halogens is 1. The van der Waals surface area contributed by atoms with Gasteiger partial charge in [0.2, 0.25) is 0 Å². The number of benzene rings is 3. The number of para-hydroxylation sites is 1. The lowest BCUT2D eigenvalue weighted by Gasteiger charge is -2.10. The van der Waals surface area contributed by atoms with Crippen molar-refractivity contribution in [1.29, 1.82) is 0 Å². The Morgan fingerprint density at radius 3 is 2.50 bits per heavy atom. The lowest BCUT2D eigenvalue weighted by atomic mass is 10.2. The van der Waals surface area contributed by atoms with Gasteiger partial charge in [-0.15, -0.1) is 0 Å². The van der Waals surface area contributed by atoms with Crippen LogP contribution in [0.15, 0.2) is 81.1 Å². The van der Waals surface area contributed by atoms with Crippen molar-refractivity contribution in [1.82, 2.24) is 9.66 Å². The van der Waals surface area contributed by atoms with Crippen molar-refractivity contribution >= 4 is 33.0 Å². The van der Waals surface area contributed by atoms with Gasteiger partial charge in [-0.2, -0.15) is 9.78 Å². The molecular weight excluding hydrogens is 446 g/mol. The molecule has 7 heteroatoms. The summed E-state index contributed by atoms with van der Waals surface area (Å²) in [6, 6.07) is 20.2. The third kappa shape index (κ3) is 3.84. The zero-order chi connectivity index (χ0) is 21.1. The fourth-order valence-electron chi connectivity index (χ4n) is 3.06. The molecule has 0 aliphatic heterocycles. The monoisotopic (exact) mass is 463 g/mol. The first-order valence-corrected chi connectivity index (χ1v) is 9.94. The smallest absolute Gasteiger partial charge is 0.282 e. The molecule has 4 aromatic rings. The van der Waals surface area contributed by atoms with E-state index in [1.54, 1.807) is 38.6 Å². The molecule has 0 N–H and O–H groups in total. The van der Waals surface area contributed by atoms with E-state index < -0.39 is 0 Å². The number of ether oxygens (including phenoxy) is 2. The minimum Gasteiger partial charge on any atom is -0.497 e. The molecule has 0 saturated heterocycles. The highest BCUT2D eigenvalue weighted by Crippen LogP contribution is 2.24. The molecule has 0 radical (unpaired) electrons. The summed E-state index contributed by atoms with van der Waals surface area (Å²) in [6.45, 7) is 0. The van der Waals surface area contributed by atoms with Crippen LogP contribution in [0.1, 0.15) is 5.56 Å². The first-order chi connectivity index (χ1) is 14.6. The summed E-state index contributed by atoms with van der Waals surface area (Å²) in [5.74, 6) is 1.71. The van der Waals surface area contributed by atoms with Crippen LogP contribution in [0.25, 0.3) is 22.3 Å². The van der Waals surface area contributed by atoms with E-state index in [0.717, 1.165) is 10.0 Å². The zero-order valence-corrected chi connectivity index (χ0v) is 18.0. The fourth-order valence-corrected chi connectivity index (χ4v) is 3.33. The van der Waals surface area contributed by atoms with Crippen LogP contribution in [-0.2, 0) is 0 Å². The van der Waals surface area contributed by atoms with Crippen molar-refractivity contribution in [2.24, 2.45) is 5.10 Å². The van der Waals surface area contributed by atoms with Gasteiger partial charge in [0.05, 0.1) is 31.3 Å². The molecule has 0 aliphatic rings. The molecule has 0 fully saturated rings. The number of hydrogen-bond donors (Lipinski definition) is 0. The molecule has 0 saturated carbocycles. The highest BCUT2D eigenvalue weighted by Gasteiger charge is 2.12. The van der Waals surface area contributed by atoms with E-state index in [2.05, 4.69) is 21.0 Å². The summed E-state index contributed by atoms with van der Waals surface area (Å²) in [7, 11) is 3.16. The van der Waals surface area contributed by atoms with Crippen LogP contribution < -0.4 is 15.0 Å². The van der Waals surface area contributed by atoms with Crippen LogP contribution in [0.4, 0.5) is 0 Å². The molecule has 0 unspecified atom stereocenters. The number of hydrogen-bond acceptors (Lipinski definition) is 5. The quantitative estimate of drug-likeness (QED) is 0.401. The minimum atomic E-state index is -0.248. The van der Waals surface area contributed by atoms with Crippen molar-refractivity contribution in [3.63, 3.8) is 0 Å². The third-order valence-electron chi connectivity index (χ3n) is 4.61. The van der Waals surface area contributed by atoms with Crippen molar-refractivity contribution in [2.75, 3.05) is 14.2 Å². The van der Waals surface area contributed by atoms with Gasteiger partial charge < -0.3 is 9.47 Å².